The Balaban J connectivity index is 1.35. The van der Waals surface area contributed by atoms with Gasteiger partial charge in [-0.3, -0.25) is 4.90 Å². The predicted octanol–water partition coefficient (Wildman–Crippen LogP) is 1.57. The molecule has 3 saturated heterocycles. The summed E-state index contributed by atoms with van der Waals surface area (Å²) < 4.78 is 0. The molecule has 3 heterocycles. The maximum Gasteiger partial charge on any atom is 0.314 e. The number of piperazine rings is 1. The molecule has 0 radical (unpaired) electrons. The molecular formula is C17H25ClN4O. The van der Waals surface area contributed by atoms with Crippen molar-refractivity contribution in [2.75, 3.05) is 45.8 Å². The van der Waals surface area contributed by atoms with Crippen LogP contribution in [0.3, 0.4) is 0 Å². The summed E-state index contributed by atoms with van der Waals surface area (Å²) in [5.41, 5.74) is 1.18. The molecule has 1 aromatic rings. The molecule has 2 N–H and O–H groups in total. The second kappa shape index (κ2) is 7.99. The van der Waals surface area contributed by atoms with E-state index in [1.54, 1.807) is 0 Å². The minimum Gasteiger partial charge on any atom is -0.338 e. The molecule has 0 saturated carbocycles. The zero-order valence-corrected chi connectivity index (χ0v) is 14.2. The highest BCUT2D eigenvalue weighted by Crippen LogP contribution is 2.14. The first-order chi connectivity index (χ1) is 11.2. The number of amides is 2. The van der Waals surface area contributed by atoms with Crippen LogP contribution in [0.2, 0.25) is 5.02 Å². The smallest absolute Gasteiger partial charge is 0.314 e. The van der Waals surface area contributed by atoms with Gasteiger partial charge in [0.25, 0.3) is 0 Å². The zero-order chi connectivity index (χ0) is 16.1. The summed E-state index contributed by atoms with van der Waals surface area (Å²) in [6.07, 6.45) is 2.05. The van der Waals surface area contributed by atoms with Crippen LogP contribution in [-0.4, -0.2) is 67.7 Å². The normalized spacial score (nSPS) is 26.6. The molecule has 0 aromatic heterocycles. The first kappa shape index (κ1) is 16.6. The third-order valence-corrected chi connectivity index (χ3v) is 4.97. The highest BCUT2D eigenvalue weighted by Gasteiger charge is 2.29. The molecule has 0 aliphatic carbocycles. The van der Waals surface area contributed by atoms with Crippen molar-refractivity contribution in [3.63, 3.8) is 0 Å². The molecule has 0 spiro atoms. The molecule has 3 unspecified atom stereocenters. The van der Waals surface area contributed by atoms with Crippen LogP contribution in [-0.2, 0) is 6.42 Å². The van der Waals surface area contributed by atoms with Gasteiger partial charge in [-0.25, -0.2) is 4.79 Å². The van der Waals surface area contributed by atoms with Crippen molar-refractivity contribution in [3.05, 3.63) is 34.9 Å². The molecule has 23 heavy (non-hydrogen) atoms. The van der Waals surface area contributed by atoms with E-state index in [2.05, 4.69) is 20.4 Å². The van der Waals surface area contributed by atoms with E-state index >= 15 is 0 Å². The maximum atomic E-state index is 11.9. The maximum absolute atomic E-state index is 11.9. The Morgan fingerprint density at radius 3 is 2.78 bits per heavy atom. The fraction of sp³-hybridized carbons (Fsp3) is 0.588. The first-order valence-corrected chi connectivity index (χ1v) is 8.81. The molecule has 3 aliphatic heterocycles. The highest BCUT2D eigenvalue weighted by molar-refractivity contribution is 6.30. The number of urea groups is 1. The Morgan fingerprint density at radius 2 is 1.96 bits per heavy atom. The molecule has 2 bridgehead atoms. The molecule has 1 aromatic carbocycles. The van der Waals surface area contributed by atoms with Crippen molar-refractivity contribution in [1.29, 1.82) is 0 Å². The summed E-state index contributed by atoms with van der Waals surface area (Å²) >= 11 is 5.86. The largest absolute Gasteiger partial charge is 0.338 e. The Bertz CT molecular complexity index is 518. The number of nitrogens with one attached hydrogen (secondary N) is 2. The average molecular weight is 337 g/mol. The lowest BCUT2D eigenvalue weighted by Gasteiger charge is -2.37. The van der Waals surface area contributed by atoms with Gasteiger partial charge in [0.05, 0.1) is 0 Å². The van der Waals surface area contributed by atoms with Crippen molar-refractivity contribution in [2.24, 2.45) is 0 Å². The van der Waals surface area contributed by atoms with Crippen LogP contribution in [0.1, 0.15) is 12.0 Å². The summed E-state index contributed by atoms with van der Waals surface area (Å²) in [4.78, 5) is 17.0. The van der Waals surface area contributed by atoms with Crippen LogP contribution < -0.4 is 10.6 Å². The van der Waals surface area contributed by atoms with Crippen LogP contribution in [0.5, 0.6) is 0 Å². The fourth-order valence-electron chi connectivity index (χ4n) is 3.39. The van der Waals surface area contributed by atoms with Crippen LogP contribution in [0.4, 0.5) is 4.79 Å². The van der Waals surface area contributed by atoms with Gasteiger partial charge >= 0.3 is 6.03 Å². The number of carbonyl (C=O) groups excluding carboxylic acids is 1. The van der Waals surface area contributed by atoms with Gasteiger partial charge in [-0.1, -0.05) is 23.7 Å². The van der Waals surface area contributed by atoms with Gasteiger partial charge in [-0.15, -0.1) is 0 Å². The van der Waals surface area contributed by atoms with E-state index in [4.69, 9.17) is 11.6 Å². The summed E-state index contributed by atoms with van der Waals surface area (Å²) in [6.45, 7) is 7.08. The minimum atomic E-state index is -0.0738. The second-order valence-corrected chi connectivity index (χ2v) is 6.79. The summed E-state index contributed by atoms with van der Waals surface area (Å²) in [5.74, 6) is 0. The van der Waals surface area contributed by atoms with E-state index in [1.807, 2.05) is 24.3 Å². The Hall–Kier alpha value is -1.30. The number of fused-ring (bicyclic) bond motifs is 4. The number of nitrogens with zero attached hydrogens (tertiary/aromatic N) is 2. The monoisotopic (exact) mass is 336 g/mol. The lowest BCUT2D eigenvalue weighted by Crippen LogP contribution is -2.55. The number of benzene rings is 1. The molecule has 3 atom stereocenters. The van der Waals surface area contributed by atoms with E-state index in [-0.39, 0.29) is 6.03 Å². The van der Waals surface area contributed by atoms with Crippen LogP contribution in [0, 0.1) is 0 Å². The Morgan fingerprint density at radius 1 is 1.13 bits per heavy atom. The molecule has 2 amide bonds. The van der Waals surface area contributed by atoms with Crippen molar-refractivity contribution < 1.29 is 4.79 Å². The minimum absolute atomic E-state index is 0.0738. The number of hydrogen-bond acceptors (Lipinski definition) is 3. The van der Waals surface area contributed by atoms with E-state index in [9.17, 15) is 4.79 Å². The van der Waals surface area contributed by atoms with Gasteiger partial charge in [0, 0.05) is 43.8 Å². The molecule has 5 nitrogen and oxygen atoms in total. The fourth-order valence-corrected chi connectivity index (χ4v) is 3.52. The number of hydrogen-bond donors (Lipinski definition) is 2. The first-order valence-electron chi connectivity index (χ1n) is 8.43. The molecule has 3 aliphatic rings. The van der Waals surface area contributed by atoms with E-state index in [1.165, 1.54) is 25.1 Å². The van der Waals surface area contributed by atoms with E-state index < -0.39 is 0 Å². The lowest BCUT2D eigenvalue weighted by molar-refractivity contribution is 0.114. The molecule has 126 valence electrons. The average Bonchev–Trinajstić information content (AvgIpc) is 2.90. The topological polar surface area (TPSA) is 47.6 Å². The van der Waals surface area contributed by atoms with Crippen LogP contribution >= 0.6 is 11.6 Å². The van der Waals surface area contributed by atoms with E-state index in [0.717, 1.165) is 37.6 Å². The van der Waals surface area contributed by atoms with Crippen molar-refractivity contribution >= 4 is 17.6 Å². The molecule has 6 heteroatoms. The van der Waals surface area contributed by atoms with Gasteiger partial charge in [0.15, 0.2) is 0 Å². The molecular weight excluding hydrogens is 312 g/mol. The third-order valence-electron chi connectivity index (χ3n) is 4.72. The quantitative estimate of drug-likeness (QED) is 0.858. The van der Waals surface area contributed by atoms with Crippen LogP contribution in [0.15, 0.2) is 24.3 Å². The highest BCUT2D eigenvalue weighted by atomic mass is 35.5. The SMILES string of the molecule is O=C(NCCc1ccc(Cl)cc1)NCC1CN2CCCN1CC2. The summed E-state index contributed by atoms with van der Waals surface area (Å²) in [5, 5.41) is 6.69. The lowest BCUT2D eigenvalue weighted by atomic mass is 10.1. The van der Waals surface area contributed by atoms with Gasteiger partial charge in [0.1, 0.15) is 0 Å². The number of halogens is 1. The van der Waals surface area contributed by atoms with Crippen molar-refractivity contribution in [1.82, 2.24) is 20.4 Å². The van der Waals surface area contributed by atoms with Gasteiger partial charge < -0.3 is 15.5 Å². The third kappa shape index (κ3) is 4.83. The van der Waals surface area contributed by atoms with Crippen LogP contribution in [0.25, 0.3) is 0 Å². The Labute approximate surface area is 143 Å². The van der Waals surface area contributed by atoms with Gasteiger partial charge in [-0.05, 0) is 43.6 Å². The second-order valence-electron chi connectivity index (χ2n) is 6.36. The van der Waals surface area contributed by atoms with Gasteiger partial charge in [-0.2, -0.15) is 0 Å². The Kier molecular flexibility index (Phi) is 5.75. The predicted molar refractivity (Wildman–Crippen MR) is 93.0 cm³/mol. The van der Waals surface area contributed by atoms with Crippen molar-refractivity contribution in [3.8, 4) is 0 Å². The molecule has 3 fully saturated rings. The molecule has 4 rings (SSSR count). The van der Waals surface area contributed by atoms with Gasteiger partial charge in [0.2, 0.25) is 0 Å². The summed E-state index contributed by atoms with van der Waals surface area (Å²) in [7, 11) is 0. The number of rotatable bonds is 5. The number of carbonyl (C=O) groups is 1. The zero-order valence-electron chi connectivity index (χ0n) is 13.4. The standard InChI is InChI=1S/C17H25ClN4O/c18-15-4-2-14(3-5-15)6-7-19-17(23)20-12-16-13-21-8-1-9-22(16)11-10-21/h2-5,16H,1,6-13H2,(H2,19,20,23). The van der Waals surface area contributed by atoms with E-state index in [0.29, 0.717) is 12.6 Å². The summed E-state index contributed by atoms with van der Waals surface area (Å²) in [6, 6.07) is 8.12. The van der Waals surface area contributed by atoms with Crippen molar-refractivity contribution in [2.45, 2.75) is 18.9 Å².